The SMILES string of the molecule is COc1ccc(NC(=O)c2sc3nc(-c4ccc(Cl)cc4)ccc3c2N)c(OC)c1. The molecule has 0 saturated carbocycles. The topological polar surface area (TPSA) is 86.5 Å². The average molecular weight is 440 g/mol. The fourth-order valence-electron chi connectivity index (χ4n) is 3.03. The molecule has 0 atom stereocenters. The van der Waals surface area contributed by atoms with Gasteiger partial charge in [0.25, 0.3) is 5.91 Å². The highest BCUT2D eigenvalue weighted by molar-refractivity contribution is 7.21. The molecule has 2 heterocycles. The number of benzene rings is 2. The number of amides is 1. The molecule has 6 nitrogen and oxygen atoms in total. The number of fused-ring (bicyclic) bond motifs is 1. The number of pyridine rings is 1. The molecule has 3 N–H and O–H groups in total. The summed E-state index contributed by atoms with van der Waals surface area (Å²) >= 11 is 7.21. The van der Waals surface area contributed by atoms with Gasteiger partial charge in [0, 0.05) is 22.0 Å². The minimum absolute atomic E-state index is 0.327. The highest BCUT2D eigenvalue weighted by atomic mass is 35.5. The van der Waals surface area contributed by atoms with Gasteiger partial charge in [0.05, 0.1) is 31.3 Å². The number of nitrogens with two attached hydrogens (primary N) is 1. The summed E-state index contributed by atoms with van der Waals surface area (Å²) in [5.74, 6) is 0.794. The molecular formula is C22H18ClN3O3S. The standard InChI is InChI=1S/C22H18ClN3O3S/c1-28-14-7-9-17(18(11-14)29-2)25-21(27)20-19(24)15-8-10-16(26-22(15)30-20)12-3-5-13(23)6-4-12/h3-11H,24H2,1-2H3,(H,25,27). The third kappa shape index (κ3) is 3.77. The van der Waals surface area contributed by atoms with Crippen LogP contribution in [0.5, 0.6) is 11.5 Å². The Kier molecular flexibility index (Phi) is 5.48. The maximum atomic E-state index is 12.9. The van der Waals surface area contributed by atoms with E-state index in [4.69, 9.17) is 26.8 Å². The van der Waals surface area contributed by atoms with Crippen LogP contribution in [-0.4, -0.2) is 25.1 Å². The lowest BCUT2D eigenvalue weighted by Gasteiger charge is -2.11. The first kappa shape index (κ1) is 20.0. The maximum absolute atomic E-state index is 12.9. The van der Waals surface area contributed by atoms with E-state index in [1.807, 2.05) is 36.4 Å². The fraction of sp³-hybridized carbons (Fsp3) is 0.0909. The molecule has 0 aliphatic heterocycles. The highest BCUT2D eigenvalue weighted by Crippen LogP contribution is 2.36. The molecule has 0 spiro atoms. The Balaban J connectivity index is 1.66. The number of carbonyl (C=O) groups excluding carboxylic acids is 1. The van der Waals surface area contributed by atoms with Crippen LogP contribution in [0.1, 0.15) is 9.67 Å². The van der Waals surface area contributed by atoms with Crippen LogP contribution < -0.4 is 20.5 Å². The summed E-state index contributed by atoms with van der Waals surface area (Å²) in [5.41, 5.74) is 8.89. The Hall–Kier alpha value is -3.29. The molecule has 0 unspecified atom stereocenters. The van der Waals surface area contributed by atoms with Gasteiger partial charge in [-0.2, -0.15) is 0 Å². The van der Waals surface area contributed by atoms with E-state index in [1.165, 1.54) is 18.4 Å². The third-order valence-electron chi connectivity index (χ3n) is 4.60. The van der Waals surface area contributed by atoms with Gasteiger partial charge in [0.1, 0.15) is 21.2 Å². The van der Waals surface area contributed by atoms with Crippen LogP contribution in [0, 0.1) is 0 Å². The molecule has 0 radical (unpaired) electrons. The number of methoxy groups -OCH3 is 2. The third-order valence-corrected chi connectivity index (χ3v) is 5.96. The summed E-state index contributed by atoms with van der Waals surface area (Å²) in [6.45, 7) is 0. The van der Waals surface area contributed by atoms with Gasteiger partial charge in [0.2, 0.25) is 0 Å². The summed E-state index contributed by atoms with van der Waals surface area (Å²) in [6, 6.07) is 16.3. The molecular weight excluding hydrogens is 422 g/mol. The minimum Gasteiger partial charge on any atom is -0.497 e. The summed E-state index contributed by atoms with van der Waals surface area (Å²) in [4.78, 5) is 18.7. The molecule has 1 amide bonds. The number of hydrogen-bond donors (Lipinski definition) is 2. The predicted octanol–water partition coefficient (Wildman–Crippen LogP) is 5.47. The van der Waals surface area contributed by atoms with Gasteiger partial charge in [-0.3, -0.25) is 4.79 Å². The fourth-order valence-corrected chi connectivity index (χ4v) is 4.14. The van der Waals surface area contributed by atoms with Crippen LogP contribution in [0.2, 0.25) is 5.02 Å². The number of ether oxygens (including phenoxy) is 2. The van der Waals surface area contributed by atoms with Crippen molar-refractivity contribution in [3.63, 3.8) is 0 Å². The minimum atomic E-state index is -0.327. The number of thiophene rings is 1. The molecule has 2 aromatic heterocycles. The van der Waals surface area contributed by atoms with E-state index in [0.29, 0.717) is 37.6 Å². The first-order valence-electron chi connectivity index (χ1n) is 8.98. The van der Waals surface area contributed by atoms with Gasteiger partial charge in [-0.05, 0) is 36.4 Å². The van der Waals surface area contributed by atoms with E-state index in [9.17, 15) is 4.79 Å². The number of nitrogens with one attached hydrogen (secondary N) is 1. The van der Waals surface area contributed by atoms with Crippen molar-refractivity contribution >= 4 is 50.4 Å². The summed E-state index contributed by atoms with van der Waals surface area (Å²) in [7, 11) is 3.09. The van der Waals surface area contributed by atoms with E-state index < -0.39 is 0 Å². The molecule has 4 rings (SSSR count). The van der Waals surface area contributed by atoms with Crippen LogP contribution in [0.25, 0.3) is 21.5 Å². The molecule has 0 bridgehead atoms. The zero-order chi connectivity index (χ0) is 21.3. The highest BCUT2D eigenvalue weighted by Gasteiger charge is 2.19. The zero-order valence-electron chi connectivity index (χ0n) is 16.2. The van der Waals surface area contributed by atoms with E-state index in [-0.39, 0.29) is 5.91 Å². The summed E-state index contributed by atoms with van der Waals surface area (Å²) in [6.07, 6.45) is 0. The Morgan fingerprint density at radius 3 is 2.53 bits per heavy atom. The van der Waals surface area contributed by atoms with Crippen molar-refractivity contribution in [2.45, 2.75) is 0 Å². The van der Waals surface area contributed by atoms with Crippen LogP contribution in [0.3, 0.4) is 0 Å². The maximum Gasteiger partial charge on any atom is 0.268 e. The Morgan fingerprint density at radius 2 is 1.83 bits per heavy atom. The van der Waals surface area contributed by atoms with Gasteiger partial charge < -0.3 is 20.5 Å². The number of halogens is 1. The lowest BCUT2D eigenvalue weighted by atomic mass is 10.1. The largest absolute Gasteiger partial charge is 0.497 e. The molecule has 0 aliphatic carbocycles. The van der Waals surface area contributed by atoms with Crippen LogP contribution >= 0.6 is 22.9 Å². The molecule has 8 heteroatoms. The van der Waals surface area contributed by atoms with Crippen LogP contribution in [0.4, 0.5) is 11.4 Å². The number of nitrogen functional groups attached to an aromatic ring is 1. The molecule has 0 saturated heterocycles. The number of hydrogen-bond acceptors (Lipinski definition) is 6. The lowest BCUT2D eigenvalue weighted by Crippen LogP contribution is -2.12. The molecule has 4 aromatic rings. The Labute approximate surface area is 182 Å². The molecule has 0 fully saturated rings. The molecule has 152 valence electrons. The quantitative estimate of drug-likeness (QED) is 0.430. The van der Waals surface area contributed by atoms with E-state index >= 15 is 0 Å². The van der Waals surface area contributed by atoms with Gasteiger partial charge in [-0.1, -0.05) is 23.7 Å². The number of aromatic nitrogens is 1. The number of carbonyl (C=O) groups is 1. The average Bonchev–Trinajstić information content (AvgIpc) is 3.10. The second kappa shape index (κ2) is 8.22. The Morgan fingerprint density at radius 1 is 1.07 bits per heavy atom. The molecule has 0 aliphatic rings. The van der Waals surface area contributed by atoms with Crippen molar-refractivity contribution in [1.29, 1.82) is 0 Å². The van der Waals surface area contributed by atoms with E-state index in [2.05, 4.69) is 10.3 Å². The molecule has 30 heavy (non-hydrogen) atoms. The second-order valence-corrected chi connectivity index (χ2v) is 7.86. The van der Waals surface area contributed by atoms with Crippen molar-refractivity contribution in [3.8, 4) is 22.8 Å². The van der Waals surface area contributed by atoms with Gasteiger partial charge >= 0.3 is 0 Å². The first-order valence-corrected chi connectivity index (χ1v) is 10.2. The molecule has 2 aromatic carbocycles. The summed E-state index contributed by atoms with van der Waals surface area (Å²) in [5, 5.41) is 4.25. The number of anilines is 2. The van der Waals surface area contributed by atoms with Gasteiger partial charge in [0.15, 0.2) is 0 Å². The van der Waals surface area contributed by atoms with Crippen molar-refractivity contribution < 1.29 is 14.3 Å². The van der Waals surface area contributed by atoms with Crippen molar-refractivity contribution in [3.05, 3.63) is 64.5 Å². The second-order valence-electron chi connectivity index (χ2n) is 6.42. The first-order chi connectivity index (χ1) is 14.5. The van der Waals surface area contributed by atoms with Crippen molar-refractivity contribution in [1.82, 2.24) is 4.98 Å². The predicted molar refractivity (Wildman–Crippen MR) is 122 cm³/mol. The van der Waals surface area contributed by atoms with E-state index in [0.717, 1.165) is 16.6 Å². The van der Waals surface area contributed by atoms with E-state index in [1.54, 1.807) is 25.3 Å². The number of nitrogens with zero attached hydrogens (tertiary/aromatic N) is 1. The monoisotopic (exact) mass is 439 g/mol. The van der Waals surface area contributed by atoms with Crippen LogP contribution in [0.15, 0.2) is 54.6 Å². The van der Waals surface area contributed by atoms with Gasteiger partial charge in [-0.25, -0.2) is 4.98 Å². The van der Waals surface area contributed by atoms with Gasteiger partial charge in [-0.15, -0.1) is 11.3 Å². The summed E-state index contributed by atoms with van der Waals surface area (Å²) < 4.78 is 10.5. The Bertz CT molecular complexity index is 1240. The normalized spacial score (nSPS) is 10.8. The number of rotatable bonds is 5. The zero-order valence-corrected chi connectivity index (χ0v) is 17.8. The van der Waals surface area contributed by atoms with Crippen LogP contribution in [-0.2, 0) is 0 Å². The van der Waals surface area contributed by atoms with Crippen molar-refractivity contribution in [2.75, 3.05) is 25.3 Å². The lowest BCUT2D eigenvalue weighted by molar-refractivity contribution is 0.103. The smallest absolute Gasteiger partial charge is 0.268 e. The van der Waals surface area contributed by atoms with Crippen molar-refractivity contribution in [2.24, 2.45) is 0 Å².